The molecule has 2 N–H and O–H groups in total. The smallest absolute Gasteiger partial charge is 0.126 e. The zero-order chi connectivity index (χ0) is 9.26. The first-order chi connectivity index (χ1) is 6.24. The largest absolute Gasteiger partial charge is 0.393 e. The highest BCUT2D eigenvalue weighted by atomic mass is 35.5. The quantitative estimate of drug-likeness (QED) is 0.760. The molecule has 0 spiro atoms. The third-order valence-corrected chi connectivity index (χ3v) is 2.42. The molecule has 2 rings (SSSR count). The molecule has 0 unspecified atom stereocenters. The molecule has 1 aliphatic carbocycles. The van der Waals surface area contributed by atoms with Crippen LogP contribution >= 0.6 is 11.6 Å². The van der Waals surface area contributed by atoms with E-state index in [1.54, 1.807) is 12.3 Å². The molecule has 0 radical (unpaired) electrons. The lowest BCUT2D eigenvalue weighted by atomic mass is 9.89. The molecule has 1 aromatic heterocycles. The molecule has 0 bridgehead atoms. The van der Waals surface area contributed by atoms with Crippen molar-refractivity contribution in [1.82, 2.24) is 4.98 Å². The van der Waals surface area contributed by atoms with E-state index in [9.17, 15) is 0 Å². The van der Waals surface area contributed by atoms with Crippen LogP contribution in [-0.2, 0) is 0 Å². The van der Waals surface area contributed by atoms with Crippen molar-refractivity contribution in [2.24, 2.45) is 0 Å². The molecule has 0 aromatic carbocycles. The van der Waals surface area contributed by atoms with Crippen molar-refractivity contribution in [3.8, 4) is 0 Å². The molecule has 1 heterocycles. The lowest BCUT2D eigenvalue weighted by Gasteiger charge is -2.32. The molecule has 0 aliphatic heterocycles. The summed E-state index contributed by atoms with van der Waals surface area (Å²) < 4.78 is 0. The first kappa shape index (κ1) is 8.78. The summed E-state index contributed by atoms with van der Waals surface area (Å²) in [4.78, 5) is 4.10. The molecule has 0 amide bonds. The summed E-state index contributed by atoms with van der Waals surface area (Å²) >= 11 is 5.69. The number of aromatic nitrogens is 1. The van der Waals surface area contributed by atoms with Crippen LogP contribution in [0.25, 0.3) is 0 Å². The number of anilines is 1. The SMILES string of the molecule is OC1CC(Nc2ccc(Cl)cn2)C1. The lowest BCUT2D eigenvalue weighted by molar-refractivity contribution is 0.0835. The molecule has 1 aliphatic rings. The predicted molar refractivity (Wildman–Crippen MR) is 51.9 cm³/mol. The number of hydrogen-bond acceptors (Lipinski definition) is 3. The Labute approximate surface area is 81.8 Å². The average molecular weight is 199 g/mol. The van der Waals surface area contributed by atoms with Crippen LogP contribution in [0.5, 0.6) is 0 Å². The second kappa shape index (κ2) is 3.52. The van der Waals surface area contributed by atoms with Gasteiger partial charge in [-0.1, -0.05) is 11.6 Å². The monoisotopic (exact) mass is 198 g/mol. The summed E-state index contributed by atoms with van der Waals surface area (Å²) in [5.74, 6) is 0.821. The highest BCUT2D eigenvalue weighted by molar-refractivity contribution is 6.30. The maximum Gasteiger partial charge on any atom is 0.126 e. The van der Waals surface area contributed by atoms with Crippen molar-refractivity contribution < 1.29 is 5.11 Å². The fraction of sp³-hybridized carbons (Fsp3) is 0.444. The van der Waals surface area contributed by atoms with Crippen LogP contribution in [0.4, 0.5) is 5.82 Å². The Morgan fingerprint density at radius 2 is 2.23 bits per heavy atom. The first-order valence-corrected chi connectivity index (χ1v) is 4.68. The summed E-state index contributed by atoms with van der Waals surface area (Å²) in [5.41, 5.74) is 0. The molecule has 1 aromatic rings. The minimum Gasteiger partial charge on any atom is -0.393 e. The summed E-state index contributed by atoms with van der Waals surface area (Å²) in [7, 11) is 0. The number of nitrogens with one attached hydrogen (secondary N) is 1. The summed E-state index contributed by atoms with van der Waals surface area (Å²) in [6.45, 7) is 0. The highest BCUT2D eigenvalue weighted by Gasteiger charge is 2.26. The van der Waals surface area contributed by atoms with Gasteiger partial charge in [-0.2, -0.15) is 0 Å². The van der Waals surface area contributed by atoms with Gasteiger partial charge in [0.15, 0.2) is 0 Å². The van der Waals surface area contributed by atoms with Gasteiger partial charge < -0.3 is 10.4 Å². The van der Waals surface area contributed by atoms with E-state index in [1.807, 2.05) is 6.07 Å². The van der Waals surface area contributed by atoms with E-state index in [-0.39, 0.29) is 6.10 Å². The number of hydrogen-bond donors (Lipinski definition) is 2. The maximum absolute atomic E-state index is 9.06. The number of halogens is 1. The van der Waals surface area contributed by atoms with Gasteiger partial charge in [0, 0.05) is 12.2 Å². The maximum atomic E-state index is 9.06. The molecule has 0 atom stereocenters. The topological polar surface area (TPSA) is 45.1 Å². The van der Waals surface area contributed by atoms with Gasteiger partial charge in [-0.3, -0.25) is 0 Å². The fourth-order valence-electron chi connectivity index (χ4n) is 1.38. The van der Waals surface area contributed by atoms with Gasteiger partial charge in [-0.05, 0) is 25.0 Å². The standard InChI is InChI=1S/C9H11ClN2O/c10-6-1-2-9(11-5-6)12-7-3-8(13)4-7/h1-2,5,7-8,13H,3-4H2,(H,11,12). The van der Waals surface area contributed by atoms with Crippen LogP contribution in [0.1, 0.15) is 12.8 Å². The van der Waals surface area contributed by atoms with Gasteiger partial charge in [0.25, 0.3) is 0 Å². The fourth-order valence-corrected chi connectivity index (χ4v) is 1.49. The van der Waals surface area contributed by atoms with Crippen LogP contribution in [0, 0.1) is 0 Å². The van der Waals surface area contributed by atoms with Crippen molar-refractivity contribution in [2.75, 3.05) is 5.32 Å². The Bertz CT molecular complexity index is 282. The average Bonchev–Trinajstić information content (AvgIpc) is 2.06. The van der Waals surface area contributed by atoms with Crippen molar-refractivity contribution in [3.63, 3.8) is 0 Å². The Kier molecular flexibility index (Phi) is 2.38. The third kappa shape index (κ3) is 2.11. The number of pyridine rings is 1. The molecule has 4 heteroatoms. The molecule has 0 saturated heterocycles. The molecule has 13 heavy (non-hydrogen) atoms. The lowest BCUT2D eigenvalue weighted by Crippen LogP contribution is -2.39. The van der Waals surface area contributed by atoms with Gasteiger partial charge in [0.2, 0.25) is 0 Å². The Balaban J connectivity index is 1.91. The van der Waals surface area contributed by atoms with E-state index in [0.29, 0.717) is 11.1 Å². The summed E-state index contributed by atoms with van der Waals surface area (Å²) in [5, 5.41) is 12.9. The van der Waals surface area contributed by atoms with E-state index >= 15 is 0 Å². The predicted octanol–water partition coefficient (Wildman–Crippen LogP) is 1.67. The van der Waals surface area contributed by atoms with Crippen LogP contribution in [0.3, 0.4) is 0 Å². The van der Waals surface area contributed by atoms with Gasteiger partial charge in [0.05, 0.1) is 11.1 Å². The zero-order valence-corrected chi connectivity index (χ0v) is 7.83. The first-order valence-electron chi connectivity index (χ1n) is 4.30. The molecule has 3 nitrogen and oxygen atoms in total. The second-order valence-corrected chi connectivity index (χ2v) is 3.76. The molecular formula is C9H11ClN2O. The van der Waals surface area contributed by atoms with Gasteiger partial charge >= 0.3 is 0 Å². The van der Waals surface area contributed by atoms with Crippen LogP contribution in [-0.4, -0.2) is 22.2 Å². The van der Waals surface area contributed by atoms with Gasteiger partial charge in [0.1, 0.15) is 5.82 Å². The van der Waals surface area contributed by atoms with E-state index in [4.69, 9.17) is 16.7 Å². The van der Waals surface area contributed by atoms with Crippen LogP contribution < -0.4 is 5.32 Å². The number of aliphatic hydroxyl groups is 1. The number of aliphatic hydroxyl groups excluding tert-OH is 1. The summed E-state index contributed by atoms with van der Waals surface area (Å²) in [6.07, 6.45) is 3.10. The molecule has 1 saturated carbocycles. The third-order valence-electron chi connectivity index (χ3n) is 2.19. The van der Waals surface area contributed by atoms with E-state index in [2.05, 4.69) is 10.3 Å². The second-order valence-electron chi connectivity index (χ2n) is 3.33. The summed E-state index contributed by atoms with van der Waals surface area (Å²) in [6, 6.07) is 4.00. The Morgan fingerprint density at radius 3 is 2.77 bits per heavy atom. The van der Waals surface area contributed by atoms with Crippen molar-refractivity contribution >= 4 is 17.4 Å². The number of rotatable bonds is 2. The van der Waals surface area contributed by atoms with Crippen molar-refractivity contribution in [2.45, 2.75) is 25.0 Å². The van der Waals surface area contributed by atoms with E-state index in [1.165, 1.54) is 0 Å². The Morgan fingerprint density at radius 1 is 1.46 bits per heavy atom. The normalized spacial score (nSPS) is 26.6. The number of nitrogens with zero attached hydrogens (tertiary/aromatic N) is 1. The highest BCUT2D eigenvalue weighted by Crippen LogP contribution is 2.23. The Hall–Kier alpha value is -0.800. The van der Waals surface area contributed by atoms with Gasteiger partial charge in [-0.25, -0.2) is 4.98 Å². The molecule has 1 fully saturated rings. The van der Waals surface area contributed by atoms with Crippen LogP contribution in [0.15, 0.2) is 18.3 Å². The van der Waals surface area contributed by atoms with Crippen LogP contribution in [0.2, 0.25) is 5.02 Å². The minimum atomic E-state index is -0.134. The van der Waals surface area contributed by atoms with Crippen molar-refractivity contribution in [1.29, 1.82) is 0 Å². The van der Waals surface area contributed by atoms with Crippen molar-refractivity contribution in [3.05, 3.63) is 23.4 Å². The van der Waals surface area contributed by atoms with Gasteiger partial charge in [-0.15, -0.1) is 0 Å². The van der Waals surface area contributed by atoms with E-state index in [0.717, 1.165) is 18.7 Å². The molecule has 70 valence electrons. The zero-order valence-electron chi connectivity index (χ0n) is 7.07. The molecular weight excluding hydrogens is 188 g/mol. The minimum absolute atomic E-state index is 0.134. The van der Waals surface area contributed by atoms with E-state index < -0.39 is 0 Å².